The van der Waals surface area contributed by atoms with Crippen LogP contribution in [0.5, 0.6) is 0 Å². The topological polar surface area (TPSA) is 49.4 Å². The lowest BCUT2D eigenvalue weighted by molar-refractivity contribution is 0.255. The van der Waals surface area contributed by atoms with Crippen LogP contribution in [0.2, 0.25) is 0 Å². The number of rotatable bonds is 6. The first-order valence-corrected chi connectivity index (χ1v) is 8.90. The van der Waals surface area contributed by atoms with Crippen molar-refractivity contribution in [2.45, 2.75) is 44.5 Å². The van der Waals surface area contributed by atoms with Crippen molar-refractivity contribution in [3.05, 3.63) is 0 Å². The Balaban J connectivity index is 2.35. The summed E-state index contributed by atoms with van der Waals surface area (Å²) in [5.41, 5.74) is 0. The lowest BCUT2D eigenvalue weighted by atomic mass is 9.99. The van der Waals surface area contributed by atoms with Crippen molar-refractivity contribution in [3.63, 3.8) is 0 Å². The smallest absolute Gasteiger partial charge is 0.211 e. The molecule has 3 atom stereocenters. The van der Waals surface area contributed by atoms with Gasteiger partial charge in [0.15, 0.2) is 0 Å². The van der Waals surface area contributed by atoms with E-state index in [-0.39, 0.29) is 5.38 Å². The minimum Gasteiger partial charge on any atom is -0.314 e. The lowest BCUT2D eigenvalue weighted by Gasteiger charge is -2.31. The normalized spacial score (nSPS) is 25.9. The highest BCUT2D eigenvalue weighted by Crippen LogP contribution is 2.18. The Morgan fingerprint density at radius 1 is 1.44 bits per heavy atom. The highest BCUT2D eigenvalue weighted by atomic mass is 35.5. The molecule has 1 saturated heterocycles. The second-order valence-corrected chi connectivity index (χ2v) is 8.18. The molecule has 1 N–H and O–H groups in total. The summed E-state index contributed by atoms with van der Waals surface area (Å²) in [6.07, 6.45) is 4.28. The van der Waals surface area contributed by atoms with Crippen molar-refractivity contribution in [1.29, 1.82) is 0 Å². The molecule has 1 rings (SSSR count). The molecule has 6 heteroatoms. The zero-order valence-electron chi connectivity index (χ0n) is 11.5. The molecule has 0 aromatic rings. The molecule has 1 aliphatic rings. The molecule has 0 aromatic heterocycles. The molecule has 1 heterocycles. The van der Waals surface area contributed by atoms with Crippen molar-refractivity contribution < 1.29 is 8.42 Å². The number of nitrogens with one attached hydrogen (secondary N) is 1. The average Bonchev–Trinajstić information content (AvgIpc) is 2.25. The SMILES string of the molecule is CC(Cl)CC(C)NCC1CCCN(S(C)(=O)=O)C1. The molecule has 4 nitrogen and oxygen atoms in total. The van der Waals surface area contributed by atoms with Gasteiger partial charge in [0.05, 0.1) is 6.26 Å². The molecular weight excluding hydrogens is 272 g/mol. The highest BCUT2D eigenvalue weighted by molar-refractivity contribution is 7.88. The van der Waals surface area contributed by atoms with E-state index in [9.17, 15) is 8.42 Å². The van der Waals surface area contributed by atoms with Gasteiger partial charge in [0.2, 0.25) is 10.0 Å². The van der Waals surface area contributed by atoms with Gasteiger partial charge < -0.3 is 5.32 Å². The van der Waals surface area contributed by atoms with E-state index >= 15 is 0 Å². The molecule has 0 amide bonds. The Morgan fingerprint density at radius 3 is 2.67 bits per heavy atom. The zero-order chi connectivity index (χ0) is 13.8. The third kappa shape index (κ3) is 5.87. The van der Waals surface area contributed by atoms with Crippen molar-refractivity contribution in [2.24, 2.45) is 5.92 Å². The summed E-state index contributed by atoms with van der Waals surface area (Å²) in [5.74, 6) is 0.418. The number of sulfonamides is 1. The van der Waals surface area contributed by atoms with Crippen LogP contribution >= 0.6 is 11.6 Å². The van der Waals surface area contributed by atoms with Gasteiger partial charge in [0, 0.05) is 24.5 Å². The average molecular weight is 297 g/mol. The second kappa shape index (κ2) is 7.08. The Bertz CT molecular complexity index is 346. The summed E-state index contributed by atoms with van der Waals surface area (Å²) in [6, 6.07) is 0.381. The molecule has 0 aliphatic carbocycles. The van der Waals surface area contributed by atoms with Gasteiger partial charge in [-0.25, -0.2) is 12.7 Å². The van der Waals surface area contributed by atoms with Gasteiger partial charge in [-0.2, -0.15) is 0 Å². The third-order valence-electron chi connectivity index (χ3n) is 3.38. The molecule has 3 unspecified atom stereocenters. The number of halogens is 1. The van der Waals surface area contributed by atoms with Gasteiger partial charge in [-0.15, -0.1) is 11.6 Å². The van der Waals surface area contributed by atoms with Gasteiger partial charge in [0.25, 0.3) is 0 Å². The quantitative estimate of drug-likeness (QED) is 0.758. The Hall–Kier alpha value is 0.160. The largest absolute Gasteiger partial charge is 0.314 e. The number of hydrogen-bond donors (Lipinski definition) is 1. The number of nitrogens with zero attached hydrogens (tertiary/aromatic N) is 1. The van der Waals surface area contributed by atoms with Crippen LogP contribution in [0.25, 0.3) is 0 Å². The maximum atomic E-state index is 11.5. The fourth-order valence-corrected chi connectivity index (χ4v) is 3.64. The van der Waals surface area contributed by atoms with Crippen LogP contribution in [0.1, 0.15) is 33.1 Å². The highest BCUT2D eigenvalue weighted by Gasteiger charge is 2.25. The minimum absolute atomic E-state index is 0.173. The summed E-state index contributed by atoms with van der Waals surface area (Å²) in [5, 5.41) is 3.62. The third-order valence-corrected chi connectivity index (χ3v) is 4.83. The van der Waals surface area contributed by atoms with Crippen LogP contribution in [-0.4, -0.2) is 50.0 Å². The van der Waals surface area contributed by atoms with Gasteiger partial charge in [-0.05, 0) is 45.6 Å². The van der Waals surface area contributed by atoms with Gasteiger partial charge in [0.1, 0.15) is 0 Å². The molecule has 0 aromatic carbocycles. The predicted octanol–water partition coefficient (Wildman–Crippen LogP) is 1.65. The summed E-state index contributed by atoms with van der Waals surface area (Å²) >= 11 is 5.95. The summed E-state index contributed by atoms with van der Waals surface area (Å²) < 4.78 is 24.6. The first kappa shape index (κ1) is 16.2. The molecule has 0 spiro atoms. The van der Waals surface area contributed by atoms with E-state index in [1.165, 1.54) is 6.26 Å². The summed E-state index contributed by atoms with van der Waals surface area (Å²) in [6.45, 7) is 6.30. The zero-order valence-corrected chi connectivity index (χ0v) is 13.1. The van der Waals surface area contributed by atoms with E-state index < -0.39 is 10.0 Å². The Labute approximate surface area is 116 Å². The van der Waals surface area contributed by atoms with Gasteiger partial charge >= 0.3 is 0 Å². The Morgan fingerprint density at radius 2 is 2.11 bits per heavy atom. The second-order valence-electron chi connectivity index (χ2n) is 5.46. The summed E-state index contributed by atoms with van der Waals surface area (Å²) in [4.78, 5) is 0. The fraction of sp³-hybridized carbons (Fsp3) is 1.00. The lowest BCUT2D eigenvalue weighted by Crippen LogP contribution is -2.43. The van der Waals surface area contributed by atoms with Crippen LogP contribution < -0.4 is 5.32 Å². The van der Waals surface area contributed by atoms with Crippen LogP contribution in [0.4, 0.5) is 0 Å². The molecule has 1 fully saturated rings. The molecule has 0 bridgehead atoms. The van der Waals surface area contributed by atoms with Crippen LogP contribution in [0, 0.1) is 5.92 Å². The maximum absolute atomic E-state index is 11.5. The summed E-state index contributed by atoms with van der Waals surface area (Å²) in [7, 11) is -3.03. The monoisotopic (exact) mass is 296 g/mol. The molecule has 18 heavy (non-hydrogen) atoms. The molecule has 1 aliphatic heterocycles. The number of piperidine rings is 1. The molecule has 0 saturated carbocycles. The van der Waals surface area contributed by atoms with Crippen LogP contribution in [-0.2, 0) is 10.0 Å². The molecular formula is C12H25ClN2O2S. The van der Waals surface area contributed by atoms with E-state index in [1.54, 1.807) is 4.31 Å². The van der Waals surface area contributed by atoms with E-state index in [0.717, 1.165) is 25.8 Å². The maximum Gasteiger partial charge on any atom is 0.211 e. The fourth-order valence-electron chi connectivity index (χ4n) is 2.43. The van der Waals surface area contributed by atoms with Crippen molar-refractivity contribution in [1.82, 2.24) is 9.62 Å². The van der Waals surface area contributed by atoms with Crippen LogP contribution in [0.3, 0.4) is 0 Å². The van der Waals surface area contributed by atoms with Crippen molar-refractivity contribution >= 4 is 21.6 Å². The van der Waals surface area contributed by atoms with E-state index in [1.807, 2.05) is 6.92 Å². The number of hydrogen-bond acceptors (Lipinski definition) is 3. The minimum atomic E-state index is -3.03. The first-order chi connectivity index (χ1) is 8.29. The van der Waals surface area contributed by atoms with Gasteiger partial charge in [-0.1, -0.05) is 0 Å². The first-order valence-electron chi connectivity index (χ1n) is 6.61. The molecule has 0 radical (unpaired) electrons. The number of alkyl halides is 1. The van der Waals surface area contributed by atoms with Gasteiger partial charge in [-0.3, -0.25) is 0 Å². The van der Waals surface area contributed by atoms with E-state index in [4.69, 9.17) is 11.6 Å². The molecule has 108 valence electrons. The van der Waals surface area contributed by atoms with E-state index in [2.05, 4.69) is 12.2 Å². The van der Waals surface area contributed by atoms with Crippen molar-refractivity contribution in [3.8, 4) is 0 Å². The van der Waals surface area contributed by atoms with Crippen LogP contribution in [0.15, 0.2) is 0 Å². The van der Waals surface area contributed by atoms with E-state index in [0.29, 0.717) is 25.0 Å². The standard InChI is InChI=1S/C12H25ClN2O2S/c1-10(13)7-11(2)14-8-12-5-4-6-15(9-12)18(3,16)17/h10-12,14H,4-9H2,1-3H3. The Kier molecular flexibility index (Phi) is 6.38. The van der Waals surface area contributed by atoms with Crippen molar-refractivity contribution in [2.75, 3.05) is 25.9 Å². The predicted molar refractivity (Wildman–Crippen MR) is 76.5 cm³/mol.